The van der Waals surface area contributed by atoms with Gasteiger partial charge in [-0.05, 0) is 13.8 Å². The van der Waals surface area contributed by atoms with E-state index in [0.717, 1.165) is 0 Å². The number of hydrogen-bond donors (Lipinski definition) is 2. The van der Waals surface area contributed by atoms with Crippen LogP contribution in [0, 0.1) is 0 Å². The Morgan fingerprint density at radius 3 is 2.83 bits per heavy atom. The summed E-state index contributed by atoms with van der Waals surface area (Å²) < 4.78 is 18.5. The molecule has 1 aliphatic heterocycles. The lowest BCUT2D eigenvalue weighted by Gasteiger charge is -2.21. The third-order valence-electron chi connectivity index (χ3n) is 3.73. The van der Waals surface area contributed by atoms with E-state index in [1.807, 2.05) is 0 Å². The second-order valence-electron chi connectivity index (χ2n) is 5.84. The Balaban J connectivity index is 1.88. The number of imidazole rings is 1. The van der Waals surface area contributed by atoms with Crippen molar-refractivity contribution < 1.29 is 24.4 Å². The van der Waals surface area contributed by atoms with Crippen molar-refractivity contribution in [2.75, 3.05) is 13.7 Å². The maximum absolute atomic E-state index is 9.96. The van der Waals surface area contributed by atoms with E-state index >= 15 is 0 Å². The van der Waals surface area contributed by atoms with Crippen molar-refractivity contribution in [3.05, 3.63) is 12.7 Å². The highest BCUT2D eigenvalue weighted by Gasteiger charge is 2.44. The predicted octanol–water partition coefficient (Wildman–Crippen LogP) is -0.292. The molecular weight excluding hydrogens is 304 g/mol. The first kappa shape index (κ1) is 16.1. The van der Waals surface area contributed by atoms with Crippen LogP contribution in [0.5, 0.6) is 5.88 Å². The number of ether oxygens (including phenoxy) is 3. The van der Waals surface area contributed by atoms with E-state index in [4.69, 9.17) is 14.2 Å². The molecular formula is C14H20N4O5. The quantitative estimate of drug-likeness (QED) is 0.771. The van der Waals surface area contributed by atoms with E-state index < -0.39 is 30.7 Å². The molecule has 0 bridgehead atoms. The fraction of sp³-hybridized carbons (Fsp3) is 0.643. The summed E-state index contributed by atoms with van der Waals surface area (Å²) >= 11 is 0. The minimum atomic E-state index is -1.03. The molecule has 0 unspecified atom stereocenters. The van der Waals surface area contributed by atoms with Crippen molar-refractivity contribution in [1.29, 1.82) is 0 Å². The van der Waals surface area contributed by atoms with Crippen LogP contribution in [0.3, 0.4) is 0 Å². The number of rotatable bonds is 5. The zero-order valence-electron chi connectivity index (χ0n) is 13.2. The fourth-order valence-corrected chi connectivity index (χ4v) is 2.77. The fourth-order valence-electron chi connectivity index (χ4n) is 2.77. The van der Waals surface area contributed by atoms with Gasteiger partial charge in [-0.2, -0.15) is 4.98 Å². The first-order chi connectivity index (χ1) is 10.9. The first-order valence-corrected chi connectivity index (χ1v) is 7.29. The molecule has 2 aromatic rings. The van der Waals surface area contributed by atoms with Crippen LogP contribution >= 0.6 is 0 Å². The highest BCUT2D eigenvalue weighted by Crippen LogP contribution is 2.31. The summed E-state index contributed by atoms with van der Waals surface area (Å²) in [6, 6.07) is 0. The Kier molecular flexibility index (Phi) is 4.19. The van der Waals surface area contributed by atoms with Crippen LogP contribution in [0.25, 0.3) is 11.2 Å². The van der Waals surface area contributed by atoms with Crippen LogP contribution in [0.15, 0.2) is 12.7 Å². The van der Waals surface area contributed by atoms with Gasteiger partial charge in [-0.25, -0.2) is 9.97 Å². The molecule has 23 heavy (non-hydrogen) atoms. The lowest BCUT2D eigenvalue weighted by Crippen LogP contribution is -2.39. The summed E-state index contributed by atoms with van der Waals surface area (Å²) in [5.41, 5.74) is 1.15. The van der Waals surface area contributed by atoms with Crippen molar-refractivity contribution in [2.24, 2.45) is 0 Å². The summed E-state index contributed by atoms with van der Waals surface area (Å²) in [4.78, 5) is 12.5. The standard InChI is InChI=1S/C14H20N4O5/c1-14(2)22-9(11(23-14)8(20)5-19)4-18-7-17-10-12(18)15-6-16-13(10)21-3/h6-9,11,19-20H,4-5H2,1-3H3/t8-,9+,11-/m1/s1. The van der Waals surface area contributed by atoms with Crippen LogP contribution < -0.4 is 4.74 Å². The molecule has 126 valence electrons. The lowest BCUT2D eigenvalue weighted by molar-refractivity contribution is -0.157. The largest absolute Gasteiger partial charge is 0.479 e. The van der Waals surface area contributed by atoms with Gasteiger partial charge in [0.2, 0.25) is 5.88 Å². The number of aromatic nitrogens is 4. The second kappa shape index (κ2) is 6.00. The molecule has 0 aromatic carbocycles. The number of fused-ring (bicyclic) bond motifs is 1. The molecule has 0 radical (unpaired) electrons. The van der Waals surface area contributed by atoms with Gasteiger partial charge in [0.15, 0.2) is 17.0 Å². The molecule has 9 nitrogen and oxygen atoms in total. The van der Waals surface area contributed by atoms with Crippen LogP contribution in [0.2, 0.25) is 0 Å². The summed E-state index contributed by atoms with van der Waals surface area (Å²) in [6.45, 7) is 3.49. The number of hydrogen-bond acceptors (Lipinski definition) is 8. The van der Waals surface area contributed by atoms with Crippen LogP contribution in [-0.4, -0.2) is 67.5 Å². The second-order valence-corrected chi connectivity index (χ2v) is 5.84. The molecule has 2 aromatic heterocycles. The van der Waals surface area contributed by atoms with Gasteiger partial charge >= 0.3 is 0 Å². The van der Waals surface area contributed by atoms with Crippen molar-refractivity contribution >= 4 is 11.2 Å². The Morgan fingerprint density at radius 2 is 2.13 bits per heavy atom. The molecule has 1 aliphatic rings. The van der Waals surface area contributed by atoms with E-state index in [1.54, 1.807) is 24.7 Å². The van der Waals surface area contributed by atoms with Crippen molar-refractivity contribution in [2.45, 2.75) is 44.5 Å². The average molecular weight is 324 g/mol. The number of methoxy groups -OCH3 is 1. The van der Waals surface area contributed by atoms with Crippen molar-refractivity contribution in [3.63, 3.8) is 0 Å². The molecule has 1 fully saturated rings. The van der Waals surface area contributed by atoms with E-state index in [2.05, 4.69) is 15.0 Å². The maximum atomic E-state index is 9.96. The van der Waals surface area contributed by atoms with Crippen LogP contribution in [0.4, 0.5) is 0 Å². The first-order valence-electron chi connectivity index (χ1n) is 7.29. The van der Waals surface area contributed by atoms with E-state index in [0.29, 0.717) is 23.6 Å². The van der Waals surface area contributed by atoms with Gasteiger partial charge in [0, 0.05) is 0 Å². The number of aliphatic hydroxyl groups is 2. The minimum absolute atomic E-state index is 0.363. The molecule has 0 spiro atoms. The van der Waals surface area contributed by atoms with Gasteiger partial charge in [-0.3, -0.25) is 0 Å². The van der Waals surface area contributed by atoms with Gasteiger partial charge in [0.25, 0.3) is 0 Å². The molecule has 3 rings (SSSR count). The topological polar surface area (TPSA) is 112 Å². The Bertz CT molecular complexity index is 689. The lowest BCUT2D eigenvalue weighted by atomic mass is 10.1. The smallest absolute Gasteiger partial charge is 0.245 e. The van der Waals surface area contributed by atoms with Gasteiger partial charge in [0.05, 0.1) is 26.6 Å². The Morgan fingerprint density at radius 1 is 1.35 bits per heavy atom. The minimum Gasteiger partial charge on any atom is -0.479 e. The van der Waals surface area contributed by atoms with Crippen molar-refractivity contribution in [1.82, 2.24) is 19.5 Å². The number of aliphatic hydroxyl groups excluding tert-OH is 2. The van der Waals surface area contributed by atoms with Crippen LogP contribution in [-0.2, 0) is 16.0 Å². The molecule has 3 heterocycles. The highest BCUT2D eigenvalue weighted by atomic mass is 16.8. The van der Waals surface area contributed by atoms with Crippen molar-refractivity contribution in [3.8, 4) is 5.88 Å². The molecule has 3 atom stereocenters. The average Bonchev–Trinajstić information content (AvgIpc) is 3.07. The van der Waals surface area contributed by atoms with E-state index in [-0.39, 0.29) is 0 Å². The normalized spacial score (nSPS) is 24.9. The Labute approximate surface area is 132 Å². The highest BCUT2D eigenvalue weighted by molar-refractivity contribution is 5.75. The van der Waals surface area contributed by atoms with Gasteiger partial charge in [-0.1, -0.05) is 0 Å². The SMILES string of the molecule is COc1ncnc2c1ncn2C[C@@H]1OC(C)(C)O[C@@H]1[C@H](O)CO. The molecule has 0 aliphatic carbocycles. The van der Waals surface area contributed by atoms with E-state index in [1.165, 1.54) is 13.4 Å². The zero-order valence-corrected chi connectivity index (χ0v) is 13.2. The molecule has 2 N–H and O–H groups in total. The summed E-state index contributed by atoms with van der Waals surface area (Å²) in [7, 11) is 1.52. The monoisotopic (exact) mass is 324 g/mol. The third-order valence-corrected chi connectivity index (χ3v) is 3.73. The molecule has 9 heteroatoms. The van der Waals surface area contributed by atoms with E-state index in [9.17, 15) is 10.2 Å². The van der Waals surface area contributed by atoms with Crippen LogP contribution in [0.1, 0.15) is 13.8 Å². The van der Waals surface area contributed by atoms with Gasteiger partial charge in [-0.15, -0.1) is 0 Å². The maximum Gasteiger partial charge on any atom is 0.245 e. The molecule has 0 amide bonds. The summed E-state index contributed by atoms with van der Waals surface area (Å²) in [5, 5.41) is 19.2. The Hall–Kier alpha value is -1.81. The van der Waals surface area contributed by atoms with Gasteiger partial charge < -0.3 is 29.0 Å². The summed E-state index contributed by atoms with van der Waals surface area (Å²) in [5.74, 6) is -0.446. The molecule has 1 saturated heterocycles. The zero-order chi connectivity index (χ0) is 16.6. The predicted molar refractivity (Wildman–Crippen MR) is 78.8 cm³/mol. The third kappa shape index (κ3) is 3.00. The van der Waals surface area contributed by atoms with Gasteiger partial charge in [0.1, 0.15) is 24.6 Å². The molecule has 0 saturated carbocycles. The number of nitrogens with zero attached hydrogens (tertiary/aromatic N) is 4. The summed E-state index contributed by atoms with van der Waals surface area (Å²) in [6.07, 6.45) is 0.885.